The molecule has 1 aliphatic heterocycles. The minimum absolute atomic E-state index is 0.0321. The van der Waals surface area contributed by atoms with Crippen LogP contribution >= 0.6 is 0 Å². The normalized spacial score (nSPS) is 18.6. The van der Waals surface area contributed by atoms with Gasteiger partial charge in [0.05, 0.1) is 5.69 Å². The van der Waals surface area contributed by atoms with E-state index in [4.69, 9.17) is 10.3 Å². The van der Waals surface area contributed by atoms with E-state index in [0.717, 1.165) is 25.0 Å². The highest BCUT2D eigenvalue weighted by Gasteiger charge is 2.32. The summed E-state index contributed by atoms with van der Waals surface area (Å²) in [7, 11) is 0. The molecule has 8 nitrogen and oxygen atoms in total. The van der Waals surface area contributed by atoms with Crippen molar-refractivity contribution in [2.45, 2.75) is 45.7 Å². The van der Waals surface area contributed by atoms with Gasteiger partial charge in [-0.1, -0.05) is 5.16 Å². The van der Waals surface area contributed by atoms with Gasteiger partial charge in [-0.25, -0.2) is 4.68 Å². The molecule has 1 unspecified atom stereocenters. The number of piperidine rings is 1. The zero-order valence-electron chi connectivity index (χ0n) is 12.8. The van der Waals surface area contributed by atoms with Crippen LogP contribution in [0.5, 0.6) is 0 Å². The van der Waals surface area contributed by atoms with Gasteiger partial charge in [0, 0.05) is 12.6 Å². The molecule has 1 atom stereocenters. The number of carbonyl (C=O) groups is 1. The summed E-state index contributed by atoms with van der Waals surface area (Å²) < 4.78 is 6.79. The second-order valence-electron chi connectivity index (χ2n) is 5.65. The molecule has 3 rings (SSSR count). The number of anilines is 1. The van der Waals surface area contributed by atoms with Gasteiger partial charge in [-0.05, 0) is 33.1 Å². The predicted molar refractivity (Wildman–Crippen MR) is 78.7 cm³/mol. The Kier molecular flexibility index (Phi) is 3.82. The monoisotopic (exact) mass is 304 g/mol. The number of nitrogens with two attached hydrogens (primary N) is 1. The minimum atomic E-state index is -0.152. The third-order valence-electron chi connectivity index (χ3n) is 3.87. The summed E-state index contributed by atoms with van der Waals surface area (Å²) in [5, 5.41) is 8.07. The van der Waals surface area contributed by atoms with Crippen LogP contribution in [0.4, 0.5) is 5.82 Å². The van der Waals surface area contributed by atoms with Crippen molar-refractivity contribution in [2.24, 2.45) is 0 Å². The highest BCUT2D eigenvalue weighted by molar-refractivity contribution is 5.76. The van der Waals surface area contributed by atoms with E-state index in [1.807, 2.05) is 6.92 Å². The number of hydrogen-bond donors (Lipinski definition) is 1. The summed E-state index contributed by atoms with van der Waals surface area (Å²) in [6.45, 7) is 4.44. The molecule has 1 fully saturated rings. The first kappa shape index (κ1) is 14.6. The molecule has 0 bridgehead atoms. The van der Waals surface area contributed by atoms with Crippen LogP contribution in [-0.4, -0.2) is 37.3 Å². The molecule has 3 heterocycles. The highest BCUT2D eigenvalue weighted by atomic mass is 16.5. The number of aryl methyl sites for hydroxylation is 2. The number of nitrogens with zero attached hydrogens (tertiary/aromatic N) is 5. The Balaban J connectivity index is 1.78. The molecule has 1 saturated heterocycles. The number of likely N-dealkylation sites (tertiary alicyclic amines) is 1. The minimum Gasteiger partial charge on any atom is -0.384 e. The van der Waals surface area contributed by atoms with Gasteiger partial charge in [-0.3, -0.25) is 4.79 Å². The summed E-state index contributed by atoms with van der Waals surface area (Å²) in [5.41, 5.74) is 6.66. The Hall–Kier alpha value is -2.38. The van der Waals surface area contributed by atoms with Crippen molar-refractivity contribution in [2.75, 3.05) is 12.3 Å². The average Bonchev–Trinajstić information content (AvgIpc) is 3.05. The first-order chi connectivity index (χ1) is 10.5. The van der Waals surface area contributed by atoms with E-state index >= 15 is 0 Å². The van der Waals surface area contributed by atoms with Crippen molar-refractivity contribution in [1.82, 2.24) is 24.8 Å². The summed E-state index contributed by atoms with van der Waals surface area (Å²) in [5.74, 6) is 1.55. The van der Waals surface area contributed by atoms with E-state index < -0.39 is 0 Å². The number of rotatable bonds is 3. The Labute approximate surface area is 128 Å². The fourth-order valence-electron chi connectivity index (χ4n) is 2.85. The van der Waals surface area contributed by atoms with Crippen molar-refractivity contribution in [3.63, 3.8) is 0 Å². The van der Waals surface area contributed by atoms with Crippen molar-refractivity contribution in [3.8, 4) is 0 Å². The zero-order chi connectivity index (χ0) is 15.7. The standard InChI is InChI=1S/C14H20N6O2/c1-9-7-12(15)20(17-9)8-13(21)19-6-4-3-5-11(19)14-16-10(2)18-22-14/h7,11H,3-6,8,15H2,1-2H3. The third kappa shape index (κ3) is 2.81. The lowest BCUT2D eigenvalue weighted by Gasteiger charge is -2.33. The van der Waals surface area contributed by atoms with E-state index in [-0.39, 0.29) is 18.5 Å². The van der Waals surface area contributed by atoms with Crippen LogP contribution in [0.1, 0.15) is 42.7 Å². The average molecular weight is 304 g/mol. The summed E-state index contributed by atoms with van der Waals surface area (Å²) in [4.78, 5) is 18.7. The zero-order valence-corrected chi connectivity index (χ0v) is 12.8. The lowest BCUT2D eigenvalue weighted by atomic mass is 10.0. The van der Waals surface area contributed by atoms with Crippen molar-refractivity contribution in [1.29, 1.82) is 0 Å². The predicted octanol–water partition coefficient (Wildman–Crippen LogP) is 1.22. The van der Waals surface area contributed by atoms with Gasteiger partial charge in [0.1, 0.15) is 18.4 Å². The van der Waals surface area contributed by atoms with E-state index in [0.29, 0.717) is 24.1 Å². The molecule has 0 aliphatic carbocycles. The van der Waals surface area contributed by atoms with Gasteiger partial charge in [0.2, 0.25) is 11.8 Å². The molecule has 0 saturated carbocycles. The van der Waals surface area contributed by atoms with Gasteiger partial charge in [0.15, 0.2) is 5.82 Å². The first-order valence-corrected chi connectivity index (χ1v) is 7.44. The van der Waals surface area contributed by atoms with Crippen LogP contribution in [0.2, 0.25) is 0 Å². The van der Waals surface area contributed by atoms with Crippen molar-refractivity contribution < 1.29 is 9.32 Å². The first-order valence-electron chi connectivity index (χ1n) is 7.44. The Bertz CT molecular complexity index is 677. The van der Waals surface area contributed by atoms with Crippen LogP contribution in [0.15, 0.2) is 10.6 Å². The largest absolute Gasteiger partial charge is 0.384 e. The number of amides is 1. The van der Waals surface area contributed by atoms with E-state index in [1.165, 1.54) is 4.68 Å². The Morgan fingerprint density at radius 3 is 2.91 bits per heavy atom. The third-order valence-corrected chi connectivity index (χ3v) is 3.87. The summed E-state index contributed by atoms with van der Waals surface area (Å²) in [6.07, 6.45) is 2.85. The smallest absolute Gasteiger partial charge is 0.249 e. The SMILES string of the molecule is Cc1cc(N)n(CC(=O)N2CCCCC2c2nc(C)no2)n1. The summed E-state index contributed by atoms with van der Waals surface area (Å²) >= 11 is 0. The van der Waals surface area contributed by atoms with Crippen molar-refractivity contribution in [3.05, 3.63) is 23.5 Å². The van der Waals surface area contributed by atoms with Crippen LogP contribution in [-0.2, 0) is 11.3 Å². The summed E-state index contributed by atoms with van der Waals surface area (Å²) in [6, 6.07) is 1.60. The molecule has 1 amide bonds. The molecule has 1 aliphatic rings. The van der Waals surface area contributed by atoms with Gasteiger partial charge in [-0.15, -0.1) is 0 Å². The number of nitrogen functional groups attached to an aromatic ring is 1. The molecule has 0 radical (unpaired) electrons. The molecule has 2 aromatic rings. The molecular weight excluding hydrogens is 284 g/mol. The fourth-order valence-corrected chi connectivity index (χ4v) is 2.85. The quantitative estimate of drug-likeness (QED) is 0.914. The molecule has 8 heteroatoms. The molecule has 0 aromatic carbocycles. The van der Waals surface area contributed by atoms with Gasteiger partial charge < -0.3 is 15.2 Å². The van der Waals surface area contributed by atoms with E-state index in [9.17, 15) is 4.79 Å². The Morgan fingerprint density at radius 2 is 2.27 bits per heavy atom. The van der Waals surface area contributed by atoms with Crippen molar-refractivity contribution >= 4 is 11.7 Å². The molecule has 118 valence electrons. The maximum Gasteiger partial charge on any atom is 0.249 e. The van der Waals surface area contributed by atoms with Gasteiger partial charge >= 0.3 is 0 Å². The highest BCUT2D eigenvalue weighted by Crippen LogP contribution is 2.30. The lowest BCUT2D eigenvalue weighted by Crippen LogP contribution is -2.40. The number of hydrogen-bond acceptors (Lipinski definition) is 6. The number of carbonyl (C=O) groups excluding carboxylic acids is 1. The maximum absolute atomic E-state index is 12.6. The molecule has 0 spiro atoms. The van der Waals surface area contributed by atoms with Crippen LogP contribution in [0.3, 0.4) is 0 Å². The fraction of sp³-hybridized carbons (Fsp3) is 0.571. The molecule has 2 N–H and O–H groups in total. The van der Waals surface area contributed by atoms with E-state index in [1.54, 1.807) is 17.9 Å². The van der Waals surface area contributed by atoms with Crippen LogP contribution < -0.4 is 5.73 Å². The molecular formula is C14H20N6O2. The second-order valence-corrected chi connectivity index (χ2v) is 5.65. The molecule has 2 aromatic heterocycles. The lowest BCUT2D eigenvalue weighted by molar-refractivity contribution is -0.136. The number of aromatic nitrogens is 4. The Morgan fingerprint density at radius 1 is 1.45 bits per heavy atom. The van der Waals surface area contributed by atoms with Gasteiger partial charge in [-0.2, -0.15) is 10.1 Å². The van der Waals surface area contributed by atoms with E-state index in [2.05, 4.69) is 15.2 Å². The second kappa shape index (κ2) is 5.78. The van der Waals surface area contributed by atoms with Gasteiger partial charge in [0.25, 0.3) is 0 Å². The maximum atomic E-state index is 12.6. The topological polar surface area (TPSA) is 103 Å². The van der Waals surface area contributed by atoms with Crippen LogP contribution in [0, 0.1) is 13.8 Å². The molecule has 22 heavy (non-hydrogen) atoms. The van der Waals surface area contributed by atoms with Crippen LogP contribution in [0.25, 0.3) is 0 Å².